The van der Waals surface area contributed by atoms with Crippen molar-refractivity contribution in [1.82, 2.24) is 9.97 Å². The summed E-state index contributed by atoms with van der Waals surface area (Å²) in [6.07, 6.45) is 2.73. The van der Waals surface area contributed by atoms with Crippen LogP contribution in [0.25, 0.3) is 0 Å². The van der Waals surface area contributed by atoms with Gasteiger partial charge in [-0.3, -0.25) is 19.9 Å². The van der Waals surface area contributed by atoms with E-state index >= 15 is 0 Å². The maximum absolute atomic E-state index is 11.8. The Labute approximate surface area is 113 Å². The van der Waals surface area contributed by atoms with E-state index in [-0.39, 0.29) is 17.1 Å². The van der Waals surface area contributed by atoms with Crippen LogP contribution in [0.2, 0.25) is 0 Å². The Balaban J connectivity index is 2.19. The Morgan fingerprint density at radius 2 is 2.10 bits per heavy atom. The largest absolute Gasteiger partial charge is 0.506 e. The van der Waals surface area contributed by atoms with Crippen molar-refractivity contribution < 1.29 is 14.8 Å². The van der Waals surface area contributed by atoms with E-state index in [4.69, 9.17) is 0 Å². The number of amides is 1. The number of phenols is 1. The van der Waals surface area contributed by atoms with Crippen LogP contribution in [0.4, 0.5) is 11.4 Å². The summed E-state index contributed by atoms with van der Waals surface area (Å²) in [5, 5.41) is 22.6. The first-order chi connectivity index (χ1) is 9.47. The molecular formula is C12H10N4O4. The molecule has 1 amide bonds. The lowest BCUT2D eigenvalue weighted by molar-refractivity contribution is -0.384. The molecule has 1 aromatic heterocycles. The van der Waals surface area contributed by atoms with Gasteiger partial charge in [-0.25, -0.2) is 4.98 Å². The minimum Gasteiger partial charge on any atom is -0.506 e. The highest BCUT2D eigenvalue weighted by molar-refractivity contribution is 6.03. The molecule has 0 unspecified atom stereocenters. The monoisotopic (exact) mass is 274 g/mol. The van der Waals surface area contributed by atoms with Crippen LogP contribution in [0.15, 0.2) is 30.6 Å². The number of rotatable bonds is 3. The van der Waals surface area contributed by atoms with Crippen molar-refractivity contribution >= 4 is 17.3 Å². The minimum absolute atomic E-state index is 0.0583. The minimum atomic E-state index is -0.642. The number of hydrogen-bond donors (Lipinski definition) is 2. The highest BCUT2D eigenvalue weighted by Gasteiger charge is 2.14. The van der Waals surface area contributed by atoms with Gasteiger partial charge in [-0.2, -0.15) is 0 Å². The Hall–Kier alpha value is -3.03. The number of hydrogen-bond acceptors (Lipinski definition) is 6. The number of carbonyl (C=O) groups is 1. The van der Waals surface area contributed by atoms with Gasteiger partial charge in [0.15, 0.2) is 0 Å². The van der Waals surface area contributed by atoms with Gasteiger partial charge in [-0.15, -0.1) is 0 Å². The molecule has 0 radical (unpaired) electrons. The molecule has 0 aliphatic heterocycles. The lowest BCUT2D eigenvalue weighted by Gasteiger charge is -2.06. The number of aromatic nitrogens is 2. The normalized spacial score (nSPS) is 10.1. The van der Waals surface area contributed by atoms with Crippen molar-refractivity contribution in [2.45, 2.75) is 6.92 Å². The predicted octanol–water partition coefficient (Wildman–Crippen LogP) is 1.65. The Morgan fingerprint density at radius 1 is 1.35 bits per heavy atom. The van der Waals surface area contributed by atoms with Crippen molar-refractivity contribution in [2.24, 2.45) is 0 Å². The van der Waals surface area contributed by atoms with Gasteiger partial charge >= 0.3 is 0 Å². The summed E-state index contributed by atoms with van der Waals surface area (Å²) < 4.78 is 0. The zero-order valence-electron chi connectivity index (χ0n) is 10.4. The first-order valence-electron chi connectivity index (χ1n) is 5.55. The fourth-order valence-electron chi connectivity index (χ4n) is 1.44. The summed E-state index contributed by atoms with van der Waals surface area (Å²) >= 11 is 0. The highest BCUT2D eigenvalue weighted by Crippen LogP contribution is 2.28. The number of nitrogens with zero attached hydrogens (tertiary/aromatic N) is 3. The number of carbonyl (C=O) groups excluding carboxylic acids is 1. The molecule has 2 aromatic rings. The summed E-state index contributed by atoms with van der Waals surface area (Å²) in [6, 6.07) is 3.37. The van der Waals surface area contributed by atoms with Crippen LogP contribution in [-0.2, 0) is 0 Å². The average Bonchev–Trinajstić information content (AvgIpc) is 2.41. The van der Waals surface area contributed by atoms with Crippen LogP contribution < -0.4 is 5.32 Å². The average molecular weight is 274 g/mol. The molecule has 1 heterocycles. The van der Waals surface area contributed by atoms with Gasteiger partial charge in [0.25, 0.3) is 11.6 Å². The second kappa shape index (κ2) is 5.31. The molecule has 0 saturated carbocycles. The number of aryl methyl sites for hydroxylation is 1. The van der Waals surface area contributed by atoms with Gasteiger partial charge in [-0.05, 0) is 13.0 Å². The molecule has 0 aliphatic rings. The number of aromatic hydroxyl groups is 1. The van der Waals surface area contributed by atoms with Gasteiger partial charge in [-0.1, -0.05) is 0 Å². The second-order valence-electron chi connectivity index (χ2n) is 3.96. The van der Waals surface area contributed by atoms with Crippen LogP contribution in [-0.4, -0.2) is 25.9 Å². The molecule has 0 saturated heterocycles. The molecule has 8 heteroatoms. The van der Waals surface area contributed by atoms with Crippen LogP contribution >= 0.6 is 0 Å². The van der Waals surface area contributed by atoms with E-state index in [0.717, 1.165) is 6.07 Å². The molecule has 2 rings (SSSR count). The molecule has 0 fully saturated rings. The van der Waals surface area contributed by atoms with Crippen molar-refractivity contribution in [2.75, 3.05) is 5.32 Å². The fraction of sp³-hybridized carbons (Fsp3) is 0.0833. The molecular weight excluding hydrogens is 264 g/mol. The van der Waals surface area contributed by atoms with Gasteiger partial charge in [0.1, 0.15) is 11.4 Å². The topological polar surface area (TPSA) is 118 Å². The van der Waals surface area contributed by atoms with Crippen molar-refractivity contribution in [3.63, 3.8) is 0 Å². The Bertz CT molecular complexity index is 670. The molecule has 2 N–H and O–H groups in total. The highest BCUT2D eigenvalue weighted by atomic mass is 16.6. The summed E-state index contributed by atoms with van der Waals surface area (Å²) in [5.41, 5.74) is 0.534. The molecule has 1 aromatic carbocycles. The number of anilines is 1. The van der Waals surface area contributed by atoms with Crippen molar-refractivity contribution in [3.05, 3.63) is 52.1 Å². The lowest BCUT2D eigenvalue weighted by atomic mass is 10.2. The van der Waals surface area contributed by atoms with E-state index in [1.54, 1.807) is 6.92 Å². The summed E-state index contributed by atoms with van der Waals surface area (Å²) in [6.45, 7) is 1.73. The van der Waals surface area contributed by atoms with E-state index in [1.807, 2.05) is 0 Å². The van der Waals surface area contributed by atoms with E-state index in [9.17, 15) is 20.0 Å². The number of benzene rings is 1. The molecule has 0 aliphatic carbocycles. The Morgan fingerprint density at radius 3 is 2.65 bits per heavy atom. The lowest BCUT2D eigenvalue weighted by Crippen LogP contribution is -2.14. The van der Waals surface area contributed by atoms with Gasteiger partial charge < -0.3 is 10.4 Å². The number of nitro groups is 1. The number of phenolic OH excluding ortho intramolecular Hbond substituents is 1. The summed E-state index contributed by atoms with van der Waals surface area (Å²) in [4.78, 5) is 29.5. The van der Waals surface area contributed by atoms with Crippen LogP contribution in [0.5, 0.6) is 5.75 Å². The molecule has 20 heavy (non-hydrogen) atoms. The van der Waals surface area contributed by atoms with Gasteiger partial charge in [0.2, 0.25) is 0 Å². The summed E-state index contributed by atoms with van der Waals surface area (Å²) in [7, 11) is 0. The molecule has 0 bridgehead atoms. The van der Waals surface area contributed by atoms with Gasteiger partial charge in [0.05, 0.1) is 28.6 Å². The first kappa shape index (κ1) is 13.4. The zero-order valence-corrected chi connectivity index (χ0v) is 10.4. The number of nitro benzene ring substituents is 1. The van der Waals surface area contributed by atoms with Crippen molar-refractivity contribution in [1.29, 1.82) is 0 Å². The quantitative estimate of drug-likeness (QED) is 0.499. The van der Waals surface area contributed by atoms with Crippen LogP contribution in [0.1, 0.15) is 16.2 Å². The standard InChI is InChI=1S/C12H10N4O4/c1-7-5-14-10(6-13-7)12(18)15-9-3-2-8(16(19)20)4-11(9)17/h2-6,17H,1H3,(H,15,18). The number of non-ortho nitro benzene ring substituents is 1. The molecule has 0 spiro atoms. The van der Waals surface area contributed by atoms with Crippen molar-refractivity contribution in [3.8, 4) is 5.75 Å². The Kier molecular flexibility index (Phi) is 3.56. The predicted molar refractivity (Wildman–Crippen MR) is 69.5 cm³/mol. The van der Waals surface area contributed by atoms with Crippen LogP contribution in [0.3, 0.4) is 0 Å². The molecule has 8 nitrogen and oxygen atoms in total. The molecule has 0 atom stereocenters. The maximum Gasteiger partial charge on any atom is 0.275 e. The maximum atomic E-state index is 11.8. The van der Waals surface area contributed by atoms with E-state index < -0.39 is 16.6 Å². The van der Waals surface area contributed by atoms with E-state index in [2.05, 4.69) is 15.3 Å². The third kappa shape index (κ3) is 2.86. The zero-order chi connectivity index (χ0) is 14.7. The number of nitrogens with one attached hydrogen (secondary N) is 1. The first-order valence-corrected chi connectivity index (χ1v) is 5.55. The third-order valence-corrected chi connectivity index (χ3v) is 2.45. The second-order valence-corrected chi connectivity index (χ2v) is 3.96. The van der Waals surface area contributed by atoms with Gasteiger partial charge in [0, 0.05) is 12.3 Å². The fourth-order valence-corrected chi connectivity index (χ4v) is 1.44. The third-order valence-electron chi connectivity index (χ3n) is 2.45. The summed E-state index contributed by atoms with van der Waals surface area (Å²) in [5.74, 6) is -0.964. The molecule has 102 valence electrons. The smallest absolute Gasteiger partial charge is 0.275 e. The van der Waals surface area contributed by atoms with E-state index in [1.165, 1.54) is 24.5 Å². The SMILES string of the molecule is Cc1cnc(C(=O)Nc2ccc([N+](=O)[O-])cc2O)cn1. The van der Waals surface area contributed by atoms with E-state index in [0.29, 0.717) is 5.69 Å². The van der Waals surface area contributed by atoms with Crippen LogP contribution in [0, 0.1) is 17.0 Å².